The van der Waals surface area contributed by atoms with Crippen LogP contribution in [0, 0.1) is 0 Å². The van der Waals surface area contributed by atoms with E-state index in [4.69, 9.17) is 21.7 Å². The van der Waals surface area contributed by atoms with Crippen molar-refractivity contribution in [3.63, 3.8) is 0 Å². The second kappa shape index (κ2) is 5.73. The molecule has 0 fully saturated rings. The highest BCUT2D eigenvalue weighted by Crippen LogP contribution is 2.36. The smallest absolute Gasteiger partial charge is 0.240 e. The molecule has 0 unspecified atom stereocenters. The maximum Gasteiger partial charge on any atom is 0.240 e. The van der Waals surface area contributed by atoms with Crippen molar-refractivity contribution in [1.82, 2.24) is 0 Å². The Bertz CT molecular complexity index is 987. The molecule has 4 rings (SSSR count). The minimum atomic E-state index is -0.842. The van der Waals surface area contributed by atoms with E-state index < -0.39 is 17.3 Å². The van der Waals surface area contributed by atoms with Gasteiger partial charge in [-0.3, -0.25) is 14.4 Å². The molecule has 2 aromatic rings. The van der Waals surface area contributed by atoms with Crippen LogP contribution in [0.5, 0.6) is 11.5 Å². The molecule has 122 valence electrons. The van der Waals surface area contributed by atoms with Gasteiger partial charge in [0.1, 0.15) is 33.1 Å². The van der Waals surface area contributed by atoms with Crippen LogP contribution in [0.2, 0.25) is 0 Å². The third kappa shape index (κ3) is 2.36. The molecule has 2 aliphatic rings. The second-order valence-corrected chi connectivity index (χ2v) is 6.22. The quantitative estimate of drug-likeness (QED) is 0.438. The van der Waals surface area contributed by atoms with Crippen molar-refractivity contribution in [2.75, 3.05) is 13.2 Å². The largest absolute Gasteiger partial charge is 0.486 e. The van der Waals surface area contributed by atoms with Crippen molar-refractivity contribution in [2.24, 2.45) is 0 Å². The summed E-state index contributed by atoms with van der Waals surface area (Å²) >= 11 is 2.97. The van der Waals surface area contributed by atoms with E-state index >= 15 is 0 Å². The van der Waals surface area contributed by atoms with E-state index in [2.05, 4.69) is 15.9 Å². The summed E-state index contributed by atoms with van der Waals surface area (Å²) < 4.78 is 16.1. The van der Waals surface area contributed by atoms with Gasteiger partial charge in [0, 0.05) is 5.56 Å². The van der Waals surface area contributed by atoms with Crippen LogP contribution in [0.25, 0.3) is 5.47 Å². The average molecular weight is 399 g/mol. The van der Waals surface area contributed by atoms with E-state index in [0.29, 0.717) is 24.7 Å². The zero-order chi connectivity index (χ0) is 17.7. The molecule has 0 N–H and O–H groups in total. The van der Waals surface area contributed by atoms with E-state index in [1.165, 1.54) is 6.07 Å². The summed E-state index contributed by atoms with van der Waals surface area (Å²) in [7, 11) is 5.80. The molecule has 1 aliphatic heterocycles. The first kappa shape index (κ1) is 15.9. The number of carbonyl (C=O) groups is 3. The number of benzene rings is 1. The van der Waals surface area contributed by atoms with Gasteiger partial charge in [-0.15, -0.1) is 0 Å². The number of allylic oxidation sites excluding steroid dienone is 1. The molecule has 25 heavy (non-hydrogen) atoms. The van der Waals surface area contributed by atoms with Gasteiger partial charge in [-0.05, 0) is 39.6 Å². The van der Waals surface area contributed by atoms with Gasteiger partial charge in [0.05, 0.1) is 15.6 Å². The molecule has 0 saturated carbocycles. The Balaban J connectivity index is 1.80. The van der Waals surface area contributed by atoms with Gasteiger partial charge >= 0.3 is 0 Å². The molecular formula is C17H8BBrO6. The van der Waals surface area contributed by atoms with Crippen molar-refractivity contribution < 1.29 is 28.3 Å². The van der Waals surface area contributed by atoms with Gasteiger partial charge in [0.25, 0.3) is 0 Å². The fourth-order valence-electron chi connectivity index (χ4n) is 2.72. The normalized spacial score (nSPS) is 16.0. The summed E-state index contributed by atoms with van der Waals surface area (Å²) in [5.74, 6) is -1.14. The zero-order valence-electron chi connectivity index (χ0n) is 12.6. The Kier molecular flexibility index (Phi) is 3.65. The van der Waals surface area contributed by atoms with Crippen LogP contribution in [-0.2, 0) is 4.79 Å². The number of hydrogen-bond donors (Lipinski definition) is 0. The molecule has 0 saturated heterocycles. The fourth-order valence-corrected chi connectivity index (χ4v) is 3.08. The first-order valence-corrected chi connectivity index (χ1v) is 8.09. The lowest BCUT2D eigenvalue weighted by Gasteiger charge is -2.18. The number of carbonyl (C=O) groups excluding carboxylic acids is 3. The number of Topliss-reactive ketones (excluding diaryl/α,β-unsaturated/α-hetero) is 2. The summed E-state index contributed by atoms with van der Waals surface area (Å²) in [6, 6.07) is 4.70. The van der Waals surface area contributed by atoms with Crippen LogP contribution in [-0.4, -0.2) is 38.4 Å². The first-order valence-electron chi connectivity index (χ1n) is 7.29. The minimum absolute atomic E-state index is 0.0115. The summed E-state index contributed by atoms with van der Waals surface area (Å²) in [4.78, 5) is 37.1. The third-order valence-electron chi connectivity index (χ3n) is 3.95. The first-order chi connectivity index (χ1) is 12.0. The molecular weight excluding hydrogens is 391 g/mol. The topological polar surface area (TPSA) is 82.8 Å². The molecule has 0 amide bonds. The van der Waals surface area contributed by atoms with Crippen molar-refractivity contribution in [2.45, 2.75) is 0 Å². The zero-order valence-corrected chi connectivity index (χ0v) is 14.2. The number of rotatable bonds is 2. The van der Waals surface area contributed by atoms with Crippen LogP contribution in [0.4, 0.5) is 0 Å². The Morgan fingerprint density at radius 2 is 1.80 bits per heavy atom. The van der Waals surface area contributed by atoms with Crippen LogP contribution < -0.4 is 9.47 Å². The van der Waals surface area contributed by atoms with Gasteiger partial charge in [0.15, 0.2) is 17.3 Å². The van der Waals surface area contributed by atoms with E-state index in [9.17, 15) is 14.4 Å². The van der Waals surface area contributed by atoms with Gasteiger partial charge < -0.3 is 13.9 Å². The highest BCUT2D eigenvalue weighted by atomic mass is 79.9. The number of halogens is 1. The maximum absolute atomic E-state index is 12.8. The van der Waals surface area contributed by atoms with Gasteiger partial charge in [0.2, 0.25) is 11.6 Å². The molecule has 2 heterocycles. The Hall–Kier alpha value is -2.61. The molecule has 8 heteroatoms. The summed E-state index contributed by atoms with van der Waals surface area (Å²) in [5.41, 5.74) is 0.125. The number of hydrogen-bond acceptors (Lipinski definition) is 6. The monoisotopic (exact) mass is 398 g/mol. The lowest BCUT2D eigenvalue weighted by molar-refractivity contribution is -0.111. The third-order valence-corrected chi connectivity index (χ3v) is 4.74. The van der Waals surface area contributed by atoms with Crippen molar-refractivity contribution in [3.05, 3.63) is 51.4 Å². The number of fused-ring (bicyclic) bond motifs is 2. The molecule has 0 atom stereocenters. The Labute approximate surface area is 151 Å². The lowest BCUT2D eigenvalue weighted by Crippen LogP contribution is -2.23. The van der Waals surface area contributed by atoms with Crippen molar-refractivity contribution >= 4 is 46.6 Å². The molecule has 6 nitrogen and oxygen atoms in total. The van der Waals surface area contributed by atoms with Gasteiger partial charge in [-0.25, -0.2) is 0 Å². The van der Waals surface area contributed by atoms with Crippen LogP contribution >= 0.6 is 15.9 Å². The predicted octanol–water partition coefficient (Wildman–Crippen LogP) is 2.28. The highest BCUT2D eigenvalue weighted by molar-refractivity contribution is 9.12. The Morgan fingerprint density at radius 3 is 2.56 bits per heavy atom. The average Bonchev–Trinajstić information content (AvgIpc) is 3.08. The fraction of sp³-hybridized carbons (Fsp3) is 0.118. The van der Waals surface area contributed by atoms with Crippen LogP contribution in [0.3, 0.4) is 0 Å². The second-order valence-electron chi connectivity index (χ2n) is 5.43. The van der Waals surface area contributed by atoms with Gasteiger partial charge in [-0.2, -0.15) is 0 Å². The molecule has 1 aliphatic carbocycles. The number of furan rings is 1. The number of ketones is 3. The van der Waals surface area contributed by atoms with Crippen molar-refractivity contribution in [3.8, 4) is 11.5 Å². The summed E-state index contributed by atoms with van der Waals surface area (Å²) in [6.07, 6.45) is 1.13. The van der Waals surface area contributed by atoms with Crippen LogP contribution in [0.1, 0.15) is 32.0 Å². The minimum Gasteiger partial charge on any atom is -0.486 e. The molecule has 2 radical (unpaired) electrons. The molecule has 0 bridgehead atoms. The van der Waals surface area contributed by atoms with Crippen LogP contribution in [0.15, 0.2) is 33.4 Å². The lowest BCUT2D eigenvalue weighted by atomic mass is 9.82. The molecule has 1 aromatic heterocycles. The van der Waals surface area contributed by atoms with Crippen molar-refractivity contribution in [1.29, 1.82) is 0 Å². The highest BCUT2D eigenvalue weighted by Gasteiger charge is 2.36. The van der Waals surface area contributed by atoms with E-state index in [0.717, 1.165) is 6.26 Å². The van der Waals surface area contributed by atoms with E-state index in [1.54, 1.807) is 12.1 Å². The summed E-state index contributed by atoms with van der Waals surface area (Å²) in [5, 5.41) is 0. The maximum atomic E-state index is 12.8. The molecule has 0 spiro atoms. The SMILES string of the molecule is [B]C1=C(Br)C(=O)C(=O)c2c(C(=O)c3ccc4c(c3)OCCO4)coc21. The molecule has 1 aromatic carbocycles. The number of ether oxygens (including phenoxy) is 2. The predicted molar refractivity (Wildman–Crippen MR) is 90.5 cm³/mol. The standard InChI is InChI=1S/C17H8BBrO6/c18-12-13(19)16(22)15(21)11-8(6-25-17(11)12)14(20)7-1-2-9-10(5-7)24-4-3-23-9/h1-2,5-6H,3-4H2. The summed E-state index contributed by atoms with van der Waals surface area (Å²) in [6.45, 7) is 0.820. The van der Waals surface area contributed by atoms with E-state index in [1.807, 2.05) is 0 Å². The Morgan fingerprint density at radius 1 is 1.08 bits per heavy atom. The van der Waals surface area contributed by atoms with E-state index in [-0.39, 0.29) is 32.4 Å². The van der Waals surface area contributed by atoms with Gasteiger partial charge in [-0.1, -0.05) is 0 Å².